The van der Waals surface area contributed by atoms with Crippen molar-refractivity contribution >= 4 is 75.4 Å². The van der Waals surface area contributed by atoms with Crippen LogP contribution in [0.2, 0.25) is 10.0 Å². The van der Waals surface area contributed by atoms with Crippen molar-refractivity contribution in [1.29, 1.82) is 0 Å². The zero-order chi connectivity index (χ0) is 29.5. The van der Waals surface area contributed by atoms with Gasteiger partial charge in [0.25, 0.3) is 5.91 Å². The van der Waals surface area contributed by atoms with Gasteiger partial charge in [-0.05, 0) is 66.7 Å². The number of thiazole rings is 1. The fourth-order valence-electron chi connectivity index (χ4n) is 5.11. The summed E-state index contributed by atoms with van der Waals surface area (Å²) < 4.78 is 11.2. The molecule has 9 nitrogen and oxygen atoms in total. The molecule has 3 aromatic carbocycles. The van der Waals surface area contributed by atoms with Crippen molar-refractivity contribution in [3.05, 3.63) is 96.9 Å². The van der Waals surface area contributed by atoms with E-state index in [2.05, 4.69) is 10.3 Å². The van der Waals surface area contributed by atoms with Crippen LogP contribution in [0.4, 0.5) is 11.4 Å². The van der Waals surface area contributed by atoms with Crippen LogP contribution in [0.1, 0.15) is 16.4 Å². The van der Waals surface area contributed by atoms with Gasteiger partial charge in [0.15, 0.2) is 6.61 Å². The van der Waals surface area contributed by atoms with E-state index in [0.717, 1.165) is 11.3 Å². The minimum Gasteiger partial charge on any atom is -0.497 e. The minimum absolute atomic E-state index is 0.302. The molecule has 13 heteroatoms. The van der Waals surface area contributed by atoms with Gasteiger partial charge in [0.2, 0.25) is 11.8 Å². The first-order valence-corrected chi connectivity index (χ1v) is 15.1. The number of carbonyl (C=O) groups excluding carboxylic acids is 3. The van der Waals surface area contributed by atoms with Crippen LogP contribution in [0.3, 0.4) is 0 Å². The van der Waals surface area contributed by atoms with Gasteiger partial charge in [0.1, 0.15) is 16.7 Å². The number of amides is 3. The standard InChI is InChI=1S/C29H21Cl2N3O6S2/c1-39-18-9-7-17(8-10-18)34-27(36)23-22(24-26(33-29(38)42-24)41-25(23)28(34)37)19-12-15(31)4-11-20(19)40-13-21(35)32-16-5-2-14(30)3-6-16/h2-12,22-23,25H,13H2,1H3,(H,32,35)(H,33,38)/t22-,23?,25?/m1/s1. The Morgan fingerprint density at radius 2 is 1.69 bits per heavy atom. The van der Waals surface area contributed by atoms with E-state index >= 15 is 0 Å². The zero-order valence-electron chi connectivity index (χ0n) is 21.8. The van der Waals surface area contributed by atoms with E-state index in [9.17, 15) is 19.2 Å². The summed E-state index contributed by atoms with van der Waals surface area (Å²) in [5, 5.41) is 3.36. The third-order valence-electron chi connectivity index (χ3n) is 6.95. The molecule has 2 aliphatic heterocycles. The van der Waals surface area contributed by atoms with E-state index in [-0.39, 0.29) is 11.5 Å². The molecular formula is C29H21Cl2N3O6S2. The number of hydrogen-bond donors (Lipinski definition) is 2. The molecule has 0 aliphatic carbocycles. The Hall–Kier alpha value is -3.77. The third kappa shape index (κ3) is 5.29. The third-order valence-corrected chi connectivity index (χ3v) is 9.84. The molecule has 0 saturated carbocycles. The smallest absolute Gasteiger partial charge is 0.305 e. The van der Waals surface area contributed by atoms with Gasteiger partial charge >= 0.3 is 4.87 Å². The summed E-state index contributed by atoms with van der Waals surface area (Å²) in [7, 11) is 1.53. The van der Waals surface area contributed by atoms with Gasteiger partial charge in [-0.3, -0.25) is 19.2 Å². The van der Waals surface area contributed by atoms with Gasteiger partial charge in [0.05, 0.1) is 23.7 Å². The second-order valence-electron chi connectivity index (χ2n) is 9.49. The molecule has 0 bridgehead atoms. The number of methoxy groups -OCH3 is 1. The predicted molar refractivity (Wildman–Crippen MR) is 162 cm³/mol. The van der Waals surface area contributed by atoms with Crippen LogP contribution in [0.25, 0.3) is 0 Å². The van der Waals surface area contributed by atoms with Gasteiger partial charge in [-0.2, -0.15) is 0 Å². The van der Waals surface area contributed by atoms with Gasteiger partial charge < -0.3 is 19.8 Å². The largest absolute Gasteiger partial charge is 0.497 e. The summed E-state index contributed by atoms with van der Waals surface area (Å²) in [4.78, 5) is 57.2. The second-order valence-corrected chi connectivity index (χ2v) is 12.5. The number of hydrogen-bond acceptors (Lipinski definition) is 8. The second kappa shape index (κ2) is 11.5. The Balaban J connectivity index is 1.35. The van der Waals surface area contributed by atoms with Crippen molar-refractivity contribution in [2.24, 2.45) is 5.92 Å². The quantitative estimate of drug-likeness (QED) is 0.254. The summed E-state index contributed by atoms with van der Waals surface area (Å²) in [5.74, 6) is -1.92. The van der Waals surface area contributed by atoms with Crippen LogP contribution in [-0.4, -0.2) is 41.7 Å². The Morgan fingerprint density at radius 3 is 2.40 bits per heavy atom. The first-order valence-electron chi connectivity index (χ1n) is 12.6. The molecule has 2 unspecified atom stereocenters. The van der Waals surface area contributed by atoms with Gasteiger partial charge in [-0.1, -0.05) is 46.3 Å². The fraction of sp³-hybridized carbons (Fsp3) is 0.172. The Kier molecular flexibility index (Phi) is 7.75. The van der Waals surface area contributed by atoms with E-state index in [4.69, 9.17) is 32.7 Å². The summed E-state index contributed by atoms with van der Waals surface area (Å²) in [6.45, 7) is -0.339. The van der Waals surface area contributed by atoms with Crippen molar-refractivity contribution in [3.8, 4) is 11.5 Å². The molecule has 3 atom stereocenters. The number of fused-ring (bicyclic) bond motifs is 2. The van der Waals surface area contributed by atoms with Gasteiger partial charge in [-0.15, -0.1) is 0 Å². The molecule has 2 aliphatic rings. The molecule has 0 spiro atoms. The molecule has 1 aromatic heterocycles. The van der Waals surface area contributed by atoms with Crippen molar-refractivity contribution in [1.82, 2.24) is 4.98 Å². The average Bonchev–Trinajstić information content (AvgIpc) is 3.47. The minimum atomic E-state index is -0.854. The number of benzene rings is 3. The van der Waals surface area contributed by atoms with Crippen LogP contribution in [0, 0.1) is 5.92 Å². The van der Waals surface area contributed by atoms with Crippen molar-refractivity contribution in [2.75, 3.05) is 23.9 Å². The SMILES string of the molecule is COc1ccc(N2C(=O)C3Sc4[nH]c(=O)sc4[C@H](c4cc(Cl)ccc4OCC(=O)Nc4ccc(Cl)cc4)C3C2=O)cc1. The van der Waals surface area contributed by atoms with E-state index in [0.29, 0.717) is 48.4 Å². The maximum Gasteiger partial charge on any atom is 0.305 e. The van der Waals surface area contributed by atoms with Gasteiger partial charge in [-0.25, -0.2) is 4.90 Å². The monoisotopic (exact) mass is 641 g/mol. The van der Waals surface area contributed by atoms with E-state index < -0.39 is 34.8 Å². The van der Waals surface area contributed by atoms with Crippen LogP contribution >= 0.6 is 46.3 Å². The molecule has 3 amide bonds. The van der Waals surface area contributed by atoms with Crippen molar-refractivity contribution < 1.29 is 23.9 Å². The lowest BCUT2D eigenvalue weighted by atomic mass is 9.82. The van der Waals surface area contributed by atoms with Crippen LogP contribution in [0.5, 0.6) is 11.5 Å². The highest BCUT2D eigenvalue weighted by Crippen LogP contribution is 2.54. The number of aromatic nitrogens is 1. The summed E-state index contributed by atoms with van der Waals surface area (Å²) >= 11 is 14.5. The lowest BCUT2D eigenvalue weighted by Crippen LogP contribution is -2.32. The van der Waals surface area contributed by atoms with E-state index in [1.807, 2.05) is 0 Å². The average molecular weight is 643 g/mol. The zero-order valence-corrected chi connectivity index (χ0v) is 24.9. The molecule has 6 rings (SSSR count). The molecule has 1 saturated heterocycles. The van der Waals surface area contributed by atoms with Crippen LogP contribution < -0.4 is 24.6 Å². The number of aromatic amines is 1. The number of anilines is 2. The highest BCUT2D eigenvalue weighted by atomic mass is 35.5. The number of H-pyrrole nitrogens is 1. The normalized spacial score (nSPS) is 19.3. The molecule has 0 radical (unpaired) electrons. The topological polar surface area (TPSA) is 118 Å². The lowest BCUT2D eigenvalue weighted by molar-refractivity contribution is -0.122. The van der Waals surface area contributed by atoms with Crippen molar-refractivity contribution in [3.63, 3.8) is 0 Å². The summed E-state index contributed by atoms with van der Waals surface area (Å²) in [6.07, 6.45) is 0. The molecule has 42 heavy (non-hydrogen) atoms. The number of ether oxygens (including phenoxy) is 2. The van der Waals surface area contributed by atoms with Crippen molar-refractivity contribution in [2.45, 2.75) is 16.2 Å². The molecular weight excluding hydrogens is 621 g/mol. The van der Waals surface area contributed by atoms with Crippen LogP contribution in [0.15, 0.2) is 76.6 Å². The first kappa shape index (κ1) is 28.4. The van der Waals surface area contributed by atoms with Gasteiger partial charge in [0, 0.05) is 32.1 Å². The van der Waals surface area contributed by atoms with Crippen LogP contribution in [-0.2, 0) is 14.4 Å². The summed E-state index contributed by atoms with van der Waals surface area (Å²) in [6, 6.07) is 18.2. The molecule has 214 valence electrons. The maximum absolute atomic E-state index is 14.0. The molecule has 3 heterocycles. The highest BCUT2D eigenvalue weighted by molar-refractivity contribution is 8.00. The highest BCUT2D eigenvalue weighted by Gasteiger charge is 2.56. The number of nitrogens with zero attached hydrogens (tertiary/aromatic N) is 1. The van der Waals surface area contributed by atoms with E-state index in [1.165, 1.54) is 23.8 Å². The molecule has 2 N–H and O–H groups in total. The number of halogens is 2. The fourth-order valence-corrected chi connectivity index (χ4v) is 7.92. The number of imide groups is 1. The van der Waals surface area contributed by atoms with E-state index in [1.54, 1.807) is 66.7 Å². The Bertz CT molecular complexity index is 1760. The molecule has 4 aromatic rings. The Morgan fingerprint density at radius 1 is 0.976 bits per heavy atom. The maximum atomic E-state index is 14.0. The number of nitrogens with one attached hydrogen (secondary N) is 2. The lowest BCUT2D eigenvalue weighted by Gasteiger charge is -2.31. The predicted octanol–water partition coefficient (Wildman–Crippen LogP) is 5.57. The number of thioether (sulfide) groups is 1. The number of rotatable bonds is 7. The number of carbonyl (C=O) groups is 3. The molecule has 1 fully saturated rings. The summed E-state index contributed by atoms with van der Waals surface area (Å²) in [5.41, 5.74) is 1.45. The Labute approximate surface area is 257 Å². The first-order chi connectivity index (χ1) is 20.2.